The summed E-state index contributed by atoms with van der Waals surface area (Å²) in [7, 11) is 0. The zero-order chi connectivity index (χ0) is 17.1. The van der Waals surface area contributed by atoms with E-state index in [4.69, 9.17) is 0 Å². The fraction of sp³-hybridized carbons (Fsp3) is 0.263. The molecule has 3 aromatic rings. The number of fused-ring (bicyclic) bond motifs is 1. The molecule has 0 atom stereocenters. The Hall–Kier alpha value is -2.47. The van der Waals surface area contributed by atoms with Crippen LogP contribution in [0.25, 0.3) is 0 Å². The van der Waals surface area contributed by atoms with Crippen LogP contribution in [0.4, 0.5) is 0 Å². The summed E-state index contributed by atoms with van der Waals surface area (Å²) in [5, 5.41) is 0.886. The topological polar surface area (TPSA) is 60.7 Å². The van der Waals surface area contributed by atoms with Crippen molar-refractivity contribution in [2.75, 3.05) is 0 Å². The van der Waals surface area contributed by atoms with E-state index in [1.807, 2.05) is 28.8 Å². The Morgan fingerprint density at radius 1 is 1.04 bits per heavy atom. The van der Waals surface area contributed by atoms with Gasteiger partial charge in [0.05, 0.1) is 6.54 Å². The molecule has 0 unspecified atom stereocenters. The molecule has 0 fully saturated rings. The van der Waals surface area contributed by atoms with Gasteiger partial charge in [-0.3, -0.25) is 14.5 Å². The van der Waals surface area contributed by atoms with Crippen LogP contribution in [0.3, 0.4) is 0 Å². The average Bonchev–Trinajstić information content (AvgIpc) is 3.14. The number of aromatic nitrogens is 4. The van der Waals surface area contributed by atoms with E-state index in [2.05, 4.69) is 15.0 Å². The van der Waals surface area contributed by atoms with E-state index in [1.54, 1.807) is 36.5 Å². The molecule has 0 bridgehead atoms. The summed E-state index contributed by atoms with van der Waals surface area (Å²) in [4.78, 5) is 25.2. The second-order valence-corrected chi connectivity index (χ2v) is 7.03. The second kappa shape index (κ2) is 7.19. The van der Waals surface area contributed by atoms with Gasteiger partial charge in [0, 0.05) is 41.8 Å². The van der Waals surface area contributed by atoms with Crippen LogP contribution < -0.4 is 5.69 Å². The molecule has 0 aromatic carbocycles. The largest absolute Gasteiger partial charge is 0.349 e. The van der Waals surface area contributed by atoms with Crippen molar-refractivity contribution < 1.29 is 0 Å². The zero-order valence-electron chi connectivity index (χ0n) is 13.8. The minimum Gasteiger partial charge on any atom is -0.291 e. The summed E-state index contributed by atoms with van der Waals surface area (Å²) in [6, 6.07) is 7.88. The maximum absolute atomic E-state index is 12.6. The number of thioether (sulfide) groups is 1. The first kappa shape index (κ1) is 16.0. The highest BCUT2D eigenvalue weighted by atomic mass is 32.2. The molecule has 0 aliphatic heterocycles. The monoisotopic (exact) mass is 350 g/mol. The number of nitrogens with zero attached hydrogens (tertiary/aromatic N) is 4. The summed E-state index contributed by atoms with van der Waals surface area (Å²) in [6.45, 7) is 0.539. The normalized spacial score (nSPS) is 13.0. The summed E-state index contributed by atoms with van der Waals surface area (Å²) < 4.78 is 1.82. The van der Waals surface area contributed by atoms with Gasteiger partial charge in [-0.25, -0.2) is 4.79 Å². The van der Waals surface area contributed by atoms with Gasteiger partial charge < -0.3 is 0 Å². The molecular formula is C19H18N4OS. The van der Waals surface area contributed by atoms with Crippen molar-refractivity contribution >= 4 is 11.8 Å². The van der Waals surface area contributed by atoms with E-state index in [0.29, 0.717) is 6.54 Å². The Bertz CT molecular complexity index is 925. The molecule has 0 radical (unpaired) electrons. The van der Waals surface area contributed by atoms with Crippen LogP contribution in [0.2, 0.25) is 0 Å². The Balaban J connectivity index is 1.63. The SMILES string of the molecule is O=c1nc(SCc2ccncc2)c2c(n1Cc1cccnc1)CCC2. The molecule has 0 N–H and O–H groups in total. The summed E-state index contributed by atoms with van der Waals surface area (Å²) in [5.74, 6) is 0.800. The first-order valence-electron chi connectivity index (χ1n) is 8.34. The van der Waals surface area contributed by atoms with Gasteiger partial charge in [0.1, 0.15) is 5.03 Å². The van der Waals surface area contributed by atoms with Gasteiger partial charge in [-0.15, -0.1) is 11.8 Å². The Labute approximate surface area is 150 Å². The lowest BCUT2D eigenvalue weighted by Gasteiger charge is -2.14. The quantitative estimate of drug-likeness (QED) is 0.523. The molecule has 25 heavy (non-hydrogen) atoms. The maximum atomic E-state index is 12.6. The number of rotatable bonds is 5. The second-order valence-electron chi connectivity index (χ2n) is 6.07. The van der Waals surface area contributed by atoms with E-state index >= 15 is 0 Å². The molecule has 0 saturated heterocycles. The van der Waals surface area contributed by atoms with Crippen LogP contribution in [-0.4, -0.2) is 19.5 Å². The van der Waals surface area contributed by atoms with Crippen molar-refractivity contribution in [2.45, 2.75) is 36.6 Å². The molecule has 0 saturated carbocycles. The van der Waals surface area contributed by atoms with Crippen LogP contribution in [0.1, 0.15) is 28.8 Å². The van der Waals surface area contributed by atoms with E-state index < -0.39 is 0 Å². The minimum atomic E-state index is -0.165. The third-order valence-corrected chi connectivity index (χ3v) is 5.48. The Morgan fingerprint density at radius 2 is 1.92 bits per heavy atom. The van der Waals surface area contributed by atoms with Crippen LogP contribution in [0.15, 0.2) is 58.9 Å². The highest BCUT2D eigenvalue weighted by Crippen LogP contribution is 2.31. The predicted octanol–water partition coefficient (Wildman–Crippen LogP) is 2.86. The summed E-state index contributed by atoms with van der Waals surface area (Å²) in [5.41, 5.74) is 4.43. The minimum absolute atomic E-state index is 0.165. The van der Waals surface area contributed by atoms with Gasteiger partial charge in [0.25, 0.3) is 0 Å². The van der Waals surface area contributed by atoms with Crippen molar-refractivity contribution in [3.63, 3.8) is 0 Å². The zero-order valence-corrected chi connectivity index (χ0v) is 14.6. The van der Waals surface area contributed by atoms with Crippen molar-refractivity contribution in [3.05, 3.63) is 81.9 Å². The molecule has 0 amide bonds. The van der Waals surface area contributed by atoms with Crippen LogP contribution in [0.5, 0.6) is 0 Å². The van der Waals surface area contributed by atoms with Gasteiger partial charge in [-0.1, -0.05) is 6.07 Å². The predicted molar refractivity (Wildman–Crippen MR) is 97.7 cm³/mol. The van der Waals surface area contributed by atoms with E-state index in [1.165, 1.54) is 11.1 Å². The van der Waals surface area contributed by atoms with Crippen LogP contribution in [-0.2, 0) is 25.1 Å². The number of hydrogen-bond donors (Lipinski definition) is 0. The van der Waals surface area contributed by atoms with Crippen molar-refractivity contribution in [2.24, 2.45) is 0 Å². The van der Waals surface area contributed by atoms with E-state index in [0.717, 1.165) is 41.3 Å². The molecule has 126 valence electrons. The number of pyridine rings is 2. The van der Waals surface area contributed by atoms with Crippen molar-refractivity contribution in [3.8, 4) is 0 Å². The molecule has 5 nitrogen and oxygen atoms in total. The van der Waals surface area contributed by atoms with Crippen molar-refractivity contribution in [1.29, 1.82) is 0 Å². The summed E-state index contributed by atoms with van der Waals surface area (Å²) in [6.07, 6.45) is 10.1. The third kappa shape index (κ3) is 3.49. The lowest BCUT2D eigenvalue weighted by atomic mass is 10.2. The Morgan fingerprint density at radius 3 is 2.72 bits per heavy atom. The van der Waals surface area contributed by atoms with Crippen molar-refractivity contribution in [1.82, 2.24) is 19.5 Å². The lowest BCUT2D eigenvalue weighted by Crippen LogP contribution is -2.27. The highest BCUT2D eigenvalue weighted by Gasteiger charge is 2.22. The molecule has 6 heteroatoms. The molecule has 4 rings (SSSR count). The van der Waals surface area contributed by atoms with Gasteiger partial charge in [-0.2, -0.15) is 4.98 Å². The third-order valence-electron chi connectivity index (χ3n) is 4.39. The first-order valence-corrected chi connectivity index (χ1v) is 9.33. The number of hydrogen-bond acceptors (Lipinski definition) is 5. The fourth-order valence-corrected chi connectivity index (χ4v) is 4.21. The lowest BCUT2D eigenvalue weighted by molar-refractivity contribution is 0.665. The fourth-order valence-electron chi connectivity index (χ4n) is 3.17. The van der Waals surface area contributed by atoms with Crippen LogP contribution >= 0.6 is 11.8 Å². The van der Waals surface area contributed by atoms with E-state index in [9.17, 15) is 4.79 Å². The molecule has 1 aliphatic rings. The van der Waals surface area contributed by atoms with Gasteiger partial charge >= 0.3 is 5.69 Å². The van der Waals surface area contributed by atoms with E-state index in [-0.39, 0.29) is 5.69 Å². The molecule has 3 aromatic heterocycles. The van der Waals surface area contributed by atoms with Gasteiger partial charge in [0.15, 0.2) is 0 Å². The first-order chi connectivity index (χ1) is 12.3. The molecule has 3 heterocycles. The standard InChI is InChI=1S/C19H18N4OS/c24-19-22-18(25-13-14-6-9-20-10-7-14)16-4-1-5-17(16)23(19)12-15-3-2-8-21-11-15/h2-3,6-11H,1,4-5,12-13H2. The molecule has 0 spiro atoms. The van der Waals surface area contributed by atoms with Gasteiger partial charge in [0.2, 0.25) is 0 Å². The smallest absolute Gasteiger partial charge is 0.291 e. The Kier molecular flexibility index (Phi) is 4.61. The maximum Gasteiger partial charge on any atom is 0.349 e. The van der Waals surface area contributed by atoms with Crippen LogP contribution in [0, 0.1) is 0 Å². The average molecular weight is 350 g/mol. The summed E-state index contributed by atoms with van der Waals surface area (Å²) >= 11 is 1.64. The van der Waals surface area contributed by atoms with Gasteiger partial charge in [-0.05, 0) is 48.6 Å². The molecular weight excluding hydrogens is 332 g/mol. The molecule has 1 aliphatic carbocycles. The highest BCUT2D eigenvalue weighted by molar-refractivity contribution is 7.98.